The van der Waals surface area contributed by atoms with E-state index < -0.39 is 6.10 Å². The number of ether oxygens (including phenoxy) is 1. The first kappa shape index (κ1) is 17.2. The molecule has 1 aromatic heterocycles. The van der Waals surface area contributed by atoms with Crippen molar-refractivity contribution < 1.29 is 14.9 Å². The number of hydrogen-bond acceptors (Lipinski definition) is 5. The number of rotatable bonds is 6. The number of nitrogens with zero attached hydrogens (tertiary/aromatic N) is 2. The van der Waals surface area contributed by atoms with Crippen LogP contribution in [0.15, 0.2) is 54.6 Å². The van der Waals surface area contributed by atoms with Crippen molar-refractivity contribution in [3.8, 4) is 17.0 Å². The van der Waals surface area contributed by atoms with Crippen molar-refractivity contribution in [1.29, 1.82) is 0 Å². The van der Waals surface area contributed by atoms with Crippen molar-refractivity contribution in [3.63, 3.8) is 0 Å². The van der Waals surface area contributed by atoms with E-state index in [1.54, 1.807) is 0 Å². The molecule has 0 saturated heterocycles. The van der Waals surface area contributed by atoms with Gasteiger partial charge in [0, 0.05) is 36.8 Å². The van der Waals surface area contributed by atoms with Crippen LogP contribution in [0, 0.1) is 0 Å². The summed E-state index contributed by atoms with van der Waals surface area (Å²) in [5.41, 5.74) is 3.87. The lowest BCUT2D eigenvalue weighted by atomic mass is 10.1. The van der Waals surface area contributed by atoms with Crippen molar-refractivity contribution in [2.75, 3.05) is 32.2 Å². The number of hydrogen-bond donors (Lipinski definition) is 2. The molecule has 0 unspecified atom stereocenters. The van der Waals surface area contributed by atoms with Crippen LogP contribution in [0.5, 0.6) is 5.75 Å². The quantitative estimate of drug-likeness (QED) is 0.723. The fourth-order valence-corrected chi connectivity index (χ4v) is 2.59. The van der Waals surface area contributed by atoms with E-state index in [2.05, 4.69) is 29.2 Å². The van der Waals surface area contributed by atoms with Crippen LogP contribution in [-0.2, 0) is 0 Å². The number of aliphatic hydroxyl groups excluding tert-OH is 2. The summed E-state index contributed by atoms with van der Waals surface area (Å²) in [4.78, 5) is 6.78. The van der Waals surface area contributed by atoms with Crippen LogP contribution in [0.2, 0.25) is 0 Å². The monoisotopic (exact) mass is 338 g/mol. The third-order valence-electron chi connectivity index (χ3n) is 4.05. The maximum absolute atomic E-state index is 9.15. The average molecular weight is 338 g/mol. The zero-order valence-corrected chi connectivity index (χ0v) is 14.4. The van der Waals surface area contributed by atoms with E-state index in [1.165, 1.54) is 0 Å². The first-order valence-electron chi connectivity index (χ1n) is 8.17. The molecule has 0 atom stereocenters. The largest absolute Gasteiger partial charge is 0.486 e. The van der Waals surface area contributed by atoms with Crippen molar-refractivity contribution in [2.45, 2.75) is 6.10 Å². The van der Waals surface area contributed by atoms with Gasteiger partial charge in [-0.2, -0.15) is 0 Å². The van der Waals surface area contributed by atoms with Crippen molar-refractivity contribution >= 4 is 16.6 Å². The van der Waals surface area contributed by atoms with E-state index in [0.29, 0.717) is 5.75 Å². The lowest BCUT2D eigenvalue weighted by Gasteiger charge is -2.15. The van der Waals surface area contributed by atoms with E-state index in [1.807, 2.05) is 44.4 Å². The first-order chi connectivity index (χ1) is 12.1. The minimum atomic E-state index is -0.626. The van der Waals surface area contributed by atoms with Gasteiger partial charge < -0.3 is 19.8 Å². The molecule has 25 heavy (non-hydrogen) atoms. The zero-order chi connectivity index (χ0) is 17.8. The normalized spacial score (nSPS) is 11.1. The Morgan fingerprint density at radius 2 is 1.64 bits per heavy atom. The van der Waals surface area contributed by atoms with Gasteiger partial charge >= 0.3 is 0 Å². The molecule has 0 radical (unpaired) electrons. The summed E-state index contributed by atoms with van der Waals surface area (Å²) in [5, 5.41) is 19.3. The standard InChI is InChI=1S/C20H22N2O3/c1-22(2)16-7-3-14(4-8-16)19-10-6-15-5-9-17(11-20(15)21-19)25-18(12-23)13-24/h3-11,18,23-24H,12-13H2,1-2H3. The highest BCUT2D eigenvalue weighted by atomic mass is 16.5. The summed E-state index contributed by atoms with van der Waals surface area (Å²) in [5.74, 6) is 0.577. The summed E-state index contributed by atoms with van der Waals surface area (Å²) in [6, 6.07) is 17.8. The highest BCUT2D eigenvalue weighted by molar-refractivity contribution is 5.83. The van der Waals surface area contributed by atoms with Gasteiger partial charge in [-0.15, -0.1) is 0 Å². The summed E-state index contributed by atoms with van der Waals surface area (Å²) in [6.07, 6.45) is -0.626. The SMILES string of the molecule is CN(C)c1ccc(-c2ccc3ccc(OC(CO)CO)cc3n2)cc1. The van der Waals surface area contributed by atoms with Gasteiger partial charge in [0.2, 0.25) is 0 Å². The molecular weight excluding hydrogens is 316 g/mol. The van der Waals surface area contributed by atoms with Gasteiger partial charge in [-0.1, -0.05) is 18.2 Å². The lowest BCUT2D eigenvalue weighted by molar-refractivity contribution is 0.0630. The number of benzene rings is 2. The van der Waals surface area contributed by atoms with Crippen LogP contribution in [0.25, 0.3) is 22.2 Å². The molecular formula is C20H22N2O3. The van der Waals surface area contributed by atoms with E-state index in [4.69, 9.17) is 19.9 Å². The smallest absolute Gasteiger partial charge is 0.145 e. The van der Waals surface area contributed by atoms with Gasteiger partial charge in [0.1, 0.15) is 11.9 Å². The van der Waals surface area contributed by atoms with Crippen LogP contribution in [0.4, 0.5) is 5.69 Å². The van der Waals surface area contributed by atoms with Crippen LogP contribution in [-0.4, -0.2) is 48.6 Å². The second-order valence-electron chi connectivity index (χ2n) is 6.10. The Morgan fingerprint density at radius 3 is 2.28 bits per heavy atom. The van der Waals surface area contributed by atoms with Gasteiger partial charge in [0.25, 0.3) is 0 Å². The van der Waals surface area contributed by atoms with Crippen molar-refractivity contribution in [2.24, 2.45) is 0 Å². The fourth-order valence-electron chi connectivity index (χ4n) is 2.59. The Kier molecular flexibility index (Phi) is 5.16. The number of pyridine rings is 1. The minimum Gasteiger partial charge on any atom is -0.486 e. The number of aromatic nitrogens is 1. The minimum absolute atomic E-state index is 0.236. The number of anilines is 1. The topological polar surface area (TPSA) is 65.8 Å². The van der Waals surface area contributed by atoms with E-state index in [0.717, 1.165) is 27.8 Å². The Bertz CT molecular complexity index is 843. The average Bonchev–Trinajstić information content (AvgIpc) is 2.65. The third kappa shape index (κ3) is 3.90. The Labute approximate surface area is 147 Å². The van der Waals surface area contributed by atoms with E-state index in [9.17, 15) is 0 Å². The summed E-state index contributed by atoms with van der Waals surface area (Å²) < 4.78 is 5.56. The maximum atomic E-state index is 9.15. The third-order valence-corrected chi connectivity index (χ3v) is 4.05. The lowest BCUT2D eigenvalue weighted by Crippen LogP contribution is -2.25. The highest BCUT2D eigenvalue weighted by Crippen LogP contribution is 2.26. The van der Waals surface area contributed by atoms with Gasteiger partial charge in [-0.05, 0) is 30.3 Å². The molecule has 0 fully saturated rings. The van der Waals surface area contributed by atoms with Crippen LogP contribution >= 0.6 is 0 Å². The summed E-state index contributed by atoms with van der Waals surface area (Å²) >= 11 is 0. The second kappa shape index (κ2) is 7.51. The van der Waals surface area contributed by atoms with Crippen molar-refractivity contribution in [3.05, 3.63) is 54.6 Å². The summed E-state index contributed by atoms with van der Waals surface area (Å²) in [6.45, 7) is -0.472. The molecule has 3 rings (SSSR count). The van der Waals surface area contributed by atoms with E-state index >= 15 is 0 Å². The predicted molar refractivity (Wildman–Crippen MR) is 100 cm³/mol. The van der Waals surface area contributed by atoms with Gasteiger partial charge in [-0.3, -0.25) is 0 Å². The van der Waals surface area contributed by atoms with Gasteiger partial charge in [0.05, 0.1) is 24.4 Å². The molecule has 5 heteroatoms. The molecule has 0 spiro atoms. The number of aliphatic hydroxyl groups is 2. The Hall–Kier alpha value is -2.63. The molecule has 3 aromatic rings. The predicted octanol–water partition coefficient (Wildman–Crippen LogP) is 2.70. The first-order valence-corrected chi connectivity index (χ1v) is 8.17. The molecule has 1 heterocycles. The van der Waals surface area contributed by atoms with E-state index in [-0.39, 0.29) is 13.2 Å². The Morgan fingerprint density at radius 1 is 0.960 bits per heavy atom. The van der Waals surface area contributed by atoms with Crippen molar-refractivity contribution in [1.82, 2.24) is 4.98 Å². The molecule has 0 aliphatic heterocycles. The number of fused-ring (bicyclic) bond motifs is 1. The van der Waals surface area contributed by atoms with Crippen LogP contribution in [0.3, 0.4) is 0 Å². The van der Waals surface area contributed by atoms with Gasteiger partial charge in [-0.25, -0.2) is 4.98 Å². The second-order valence-corrected chi connectivity index (χ2v) is 6.10. The maximum Gasteiger partial charge on any atom is 0.145 e. The summed E-state index contributed by atoms with van der Waals surface area (Å²) in [7, 11) is 4.02. The molecule has 0 amide bonds. The molecule has 130 valence electrons. The van der Waals surface area contributed by atoms with Crippen LogP contribution in [0.1, 0.15) is 0 Å². The molecule has 2 N–H and O–H groups in total. The molecule has 2 aromatic carbocycles. The molecule has 0 aliphatic rings. The molecule has 0 bridgehead atoms. The Balaban J connectivity index is 1.92. The zero-order valence-electron chi connectivity index (χ0n) is 14.4. The van der Waals surface area contributed by atoms with Gasteiger partial charge in [0.15, 0.2) is 0 Å². The molecule has 0 saturated carbocycles. The molecule has 0 aliphatic carbocycles. The highest BCUT2D eigenvalue weighted by Gasteiger charge is 2.09. The fraction of sp³-hybridized carbons (Fsp3) is 0.250. The van der Waals surface area contributed by atoms with Crippen LogP contribution < -0.4 is 9.64 Å². The molecule has 5 nitrogen and oxygen atoms in total.